The fourth-order valence-electron chi connectivity index (χ4n) is 2.84. The van der Waals surface area contributed by atoms with Crippen LogP contribution in [-0.4, -0.2) is 46.7 Å². The highest BCUT2D eigenvalue weighted by Gasteiger charge is 2.24. The summed E-state index contributed by atoms with van der Waals surface area (Å²) in [6, 6.07) is 6.02. The molecular weight excluding hydrogens is 351 g/mol. The van der Waals surface area contributed by atoms with Crippen LogP contribution in [0.15, 0.2) is 18.2 Å². The number of fused-ring (bicyclic) bond motifs is 1. The molecule has 1 aromatic carbocycles. The topological polar surface area (TPSA) is 90.0 Å². The molecule has 1 aliphatic heterocycles. The van der Waals surface area contributed by atoms with Crippen LogP contribution in [0.4, 0.5) is 0 Å². The minimum Gasteiger partial charge on any atom is -0.391 e. The third kappa shape index (κ3) is 4.83. The summed E-state index contributed by atoms with van der Waals surface area (Å²) in [4.78, 5) is 19.7. The molecule has 134 valence electrons. The largest absolute Gasteiger partial charge is 0.391 e. The number of carbonyl (C=O) groups is 1. The molecule has 6 nitrogen and oxygen atoms in total. The van der Waals surface area contributed by atoms with Gasteiger partial charge in [0, 0.05) is 38.4 Å². The number of aliphatic hydroxyl groups excluding tert-OH is 1. The van der Waals surface area contributed by atoms with Gasteiger partial charge in [0.25, 0.3) is 0 Å². The van der Waals surface area contributed by atoms with Gasteiger partial charge in [-0.1, -0.05) is 12.1 Å². The summed E-state index contributed by atoms with van der Waals surface area (Å²) in [5.41, 5.74) is 3.11. The number of nitrogens with zero attached hydrogens (tertiary/aromatic N) is 1. The van der Waals surface area contributed by atoms with E-state index in [1.54, 1.807) is 0 Å². The Bertz CT molecular complexity index is 677. The van der Waals surface area contributed by atoms with Crippen molar-refractivity contribution in [3.63, 3.8) is 0 Å². The van der Waals surface area contributed by atoms with Crippen molar-refractivity contribution < 1.29 is 9.90 Å². The maximum Gasteiger partial charge on any atom is 0.220 e. The second-order valence-electron chi connectivity index (χ2n) is 5.94. The number of benzene rings is 1. The summed E-state index contributed by atoms with van der Waals surface area (Å²) >= 11 is 0. The molecule has 4 N–H and O–H groups in total. The van der Waals surface area contributed by atoms with Gasteiger partial charge in [0.1, 0.15) is 5.82 Å². The van der Waals surface area contributed by atoms with Gasteiger partial charge < -0.3 is 20.7 Å². The highest BCUT2D eigenvalue weighted by atomic mass is 35.5. The maximum atomic E-state index is 11.9. The first kappa shape index (κ1) is 20.7. The van der Waals surface area contributed by atoms with E-state index in [1.165, 1.54) is 0 Å². The first-order valence-electron chi connectivity index (χ1n) is 7.73. The number of H-pyrrole nitrogens is 1. The van der Waals surface area contributed by atoms with E-state index in [9.17, 15) is 9.90 Å². The normalized spacial score (nSPS) is 19.6. The molecule has 1 amide bonds. The minimum absolute atomic E-state index is 0. The van der Waals surface area contributed by atoms with Crippen molar-refractivity contribution in [2.75, 3.05) is 19.6 Å². The molecule has 0 saturated carbocycles. The van der Waals surface area contributed by atoms with Crippen LogP contribution in [0.25, 0.3) is 11.0 Å². The van der Waals surface area contributed by atoms with E-state index in [4.69, 9.17) is 0 Å². The molecule has 0 aliphatic carbocycles. The number of para-hydroxylation sites is 1. The lowest BCUT2D eigenvalue weighted by Gasteiger charge is -2.13. The zero-order valence-corrected chi connectivity index (χ0v) is 15.2. The lowest BCUT2D eigenvalue weighted by molar-refractivity contribution is -0.121. The fraction of sp³-hybridized carbons (Fsp3) is 0.500. The Hall–Kier alpha value is -1.34. The third-order valence-electron chi connectivity index (χ3n) is 4.22. The van der Waals surface area contributed by atoms with Crippen LogP contribution in [0, 0.1) is 12.8 Å². The van der Waals surface area contributed by atoms with Gasteiger partial charge >= 0.3 is 0 Å². The van der Waals surface area contributed by atoms with Crippen molar-refractivity contribution in [1.29, 1.82) is 0 Å². The molecule has 1 aliphatic rings. The molecule has 2 unspecified atom stereocenters. The lowest BCUT2D eigenvalue weighted by atomic mass is 10.1. The van der Waals surface area contributed by atoms with Crippen molar-refractivity contribution in [2.45, 2.75) is 25.9 Å². The van der Waals surface area contributed by atoms with Gasteiger partial charge in [-0.05, 0) is 18.6 Å². The van der Waals surface area contributed by atoms with E-state index >= 15 is 0 Å². The predicted molar refractivity (Wildman–Crippen MR) is 99.0 cm³/mol. The summed E-state index contributed by atoms with van der Waals surface area (Å²) in [6.45, 7) is 3.91. The van der Waals surface area contributed by atoms with Crippen molar-refractivity contribution in [2.24, 2.45) is 5.92 Å². The number of aliphatic hydroxyl groups is 1. The summed E-state index contributed by atoms with van der Waals surface area (Å²) < 4.78 is 0. The number of carbonyl (C=O) groups excluding carboxylic acids is 1. The summed E-state index contributed by atoms with van der Waals surface area (Å²) in [7, 11) is 0. The first-order chi connectivity index (χ1) is 10.6. The molecule has 24 heavy (non-hydrogen) atoms. The smallest absolute Gasteiger partial charge is 0.220 e. The number of halogens is 2. The summed E-state index contributed by atoms with van der Waals surface area (Å²) in [5.74, 6) is 0.941. The molecule has 2 heterocycles. The Labute approximate surface area is 153 Å². The summed E-state index contributed by atoms with van der Waals surface area (Å²) in [5, 5.41) is 15.7. The molecule has 0 spiro atoms. The molecule has 0 bridgehead atoms. The Morgan fingerprint density at radius 1 is 1.38 bits per heavy atom. The number of aromatic nitrogens is 2. The number of aryl methyl sites for hydroxylation is 2. The van der Waals surface area contributed by atoms with Gasteiger partial charge in [0.2, 0.25) is 5.91 Å². The number of β-amino-alcohol motifs (C(OH)–C–C–N with tert-alkyl or cyclic N) is 1. The van der Waals surface area contributed by atoms with Crippen LogP contribution in [0.2, 0.25) is 0 Å². The number of aromatic amines is 1. The average Bonchev–Trinajstić information content (AvgIpc) is 3.10. The number of nitrogens with one attached hydrogen (secondary N) is 3. The van der Waals surface area contributed by atoms with Gasteiger partial charge in [-0.25, -0.2) is 4.98 Å². The van der Waals surface area contributed by atoms with Crippen molar-refractivity contribution in [3.05, 3.63) is 29.6 Å². The van der Waals surface area contributed by atoms with E-state index in [1.807, 2.05) is 25.1 Å². The molecule has 8 heteroatoms. The number of hydrogen-bond acceptors (Lipinski definition) is 4. The van der Waals surface area contributed by atoms with Crippen molar-refractivity contribution >= 4 is 41.8 Å². The van der Waals surface area contributed by atoms with E-state index in [2.05, 4.69) is 20.6 Å². The SMILES string of the molecule is Cc1cccc2[nH]c(CCC(=O)NCC3CNCC3O)nc12.Cl.Cl. The minimum atomic E-state index is -0.362. The molecule has 1 saturated heterocycles. The Morgan fingerprint density at radius 3 is 2.83 bits per heavy atom. The van der Waals surface area contributed by atoms with Crippen molar-refractivity contribution in [3.8, 4) is 0 Å². The van der Waals surface area contributed by atoms with Gasteiger partial charge in [-0.15, -0.1) is 24.8 Å². The van der Waals surface area contributed by atoms with Crippen LogP contribution in [0.3, 0.4) is 0 Å². The molecular formula is C16H24Cl2N4O2. The second kappa shape index (κ2) is 9.22. The zero-order valence-electron chi connectivity index (χ0n) is 13.5. The van der Waals surface area contributed by atoms with Crippen LogP contribution in [0.5, 0.6) is 0 Å². The highest BCUT2D eigenvalue weighted by Crippen LogP contribution is 2.16. The summed E-state index contributed by atoms with van der Waals surface area (Å²) in [6.07, 6.45) is 0.624. The van der Waals surface area contributed by atoms with Gasteiger partial charge in [-0.2, -0.15) is 0 Å². The van der Waals surface area contributed by atoms with Crippen LogP contribution in [0.1, 0.15) is 17.8 Å². The first-order valence-corrected chi connectivity index (χ1v) is 7.73. The van der Waals surface area contributed by atoms with Crippen LogP contribution in [-0.2, 0) is 11.2 Å². The Kier molecular flexibility index (Phi) is 7.96. The fourth-order valence-corrected chi connectivity index (χ4v) is 2.84. The average molecular weight is 375 g/mol. The zero-order chi connectivity index (χ0) is 15.5. The molecule has 2 aromatic rings. The number of imidazole rings is 1. The van der Waals surface area contributed by atoms with E-state index in [0.717, 1.165) is 29.0 Å². The van der Waals surface area contributed by atoms with E-state index < -0.39 is 0 Å². The Balaban J connectivity index is 0.00000144. The lowest BCUT2D eigenvalue weighted by Crippen LogP contribution is -2.34. The molecule has 1 aromatic heterocycles. The quantitative estimate of drug-likeness (QED) is 0.635. The van der Waals surface area contributed by atoms with Gasteiger partial charge in [-0.3, -0.25) is 4.79 Å². The number of rotatable bonds is 5. The Morgan fingerprint density at radius 2 is 2.17 bits per heavy atom. The van der Waals surface area contributed by atoms with E-state index in [0.29, 0.717) is 25.9 Å². The number of hydrogen-bond donors (Lipinski definition) is 4. The maximum absolute atomic E-state index is 11.9. The molecule has 0 radical (unpaired) electrons. The highest BCUT2D eigenvalue weighted by molar-refractivity contribution is 5.85. The number of amides is 1. The third-order valence-corrected chi connectivity index (χ3v) is 4.22. The molecule has 2 atom stereocenters. The van der Waals surface area contributed by atoms with Crippen LogP contribution >= 0.6 is 24.8 Å². The standard InChI is InChI=1S/C16H22N4O2.2ClH/c1-10-3-2-4-12-16(10)20-14(19-12)5-6-15(22)18-8-11-7-17-9-13(11)21;;/h2-4,11,13,17,21H,5-9H2,1H3,(H,18,22)(H,19,20);2*1H. The van der Waals surface area contributed by atoms with Gasteiger partial charge in [0.05, 0.1) is 17.1 Å². The van der Waals surface area contributed by atoms with Crippen molar-refractivity contribution in [1.82, 2.24) is 20.6 Å². The second-order valence-corrected chi connectivity index (χ2v) is 5.94. The van der Waals surface area contributed by atoms with E-state index in [-0.39, 0.29) is 42.7 Å². The van der Waals surface area contributed by atoms with Crippen LogP contribution < -0.4 is 10.6 Å². The van der Waals surface area contributed by atoms with Gasteiger partial charge in [0.15, 0.2) is 0 Å². The predicted octanol–water partition coefficient (Wildman–Crippen LogP) is 1.34. The molecule has 3 rings (SSSR count). The molecule has 1 fully saturated rings. The monoisotopic (exact) mass is 374 g/mol.